The summed E-state index contributed by atoms with van der Waals surface area (Å²) in [4.78, 5) is 19.4. The Bertz CT molecular complexity index is 735. The summed E-state index contributed by atoms with van der Waals surface area (Å²) < 4.78 is 9.99. The Labute approximate surface area is 155 Å². The zero-order valence-electron chi connectivity index (χ0n) is 14.8. The normalized spacial score (nSPS) is 21.3. The molecule has 1 saturated heterocycles. The van der Waals surface area contributed by atoms with E-state index < -0.39 is 0 Å². The molecule has 0 saturated carbocycles. The first-order valence-corrected chi connectivity index (χ1v) is 9.89. The maximum absolute atomic E-state index is 12.5. The second kappa shape index (κ2) is 7.77. The number of carbonyl (C=O) groups is 1. The standard InChI is InChI=1S/C16H23N5O2S2/c1-9-5-21(6-10(2)23-9)7-12-8-24-16(18-12)19-14(22)13-11(3)20-25-15(13)17-4/h8-10,17H,5-7H2,1-4H3,(H,18,19,22). The van der Waals surface area contributed by atoms with Gasteiger partial charge in [-0.3, -0.25) is 15.0 Å². The first kappa shape index (κ1) is 18.2. The molecule has 2 unspecified atom stereocenters. The lowest BCUT2D eigenvalue weighted by Crippen LogP contribution is -2.44. The number of morpholine rings is 1. The van der Waals surface area contributed by atoms with Crippen LogP contribution in [0.1, 0.15) is 35.6 Å². The fourth-order valence-corrected chi connectivity index (χ4v) is 4.49. The summed E-state index contributed by atoms with van der Waals surface area (Å²) in [5, 5.41) is 9.28. The fraction of sp³-hybridized carbons (Fsp3) is 0.562. The molecule has 136 valence electrons. The third-order valence-corrected chi connectivity index (χ3v) is 5.73. The van der Waals surface area contributed by atoms with Crippen LogP contribution in [0.15, 0.2) is 5.38 Å². The van der Waals surface area contributed by atoms with Gasteiger partial charge in [-0.15, -0.1) is 11.3 Å². The summed E-state index contributed by atoms with van der Waals surface area (Å²) in [6.45, 7) is 8.58. The van der Waals surface area contributed by atoms with Crippen LogP contribution in [0, 0.1) is 6.92 Å². The van der Waals surface area contributed by atoms with Crippen molar-refractivity contribution in [1.29, 1.82) is 0 Å². The largest absolute Gasteiger partial charge is 0.378 e. The number of anilines is 2. The number of aryl methyl sites for hydroxylation is 1. The van der Waals surface area contributed by atoms with Crippen LogP contribution in [-0.2, 0) is 11.3 Å². The number of nitrogens with one attached hydrogen (secondary N) is 2. The molecule has 0 radical (unpaired) electrons. The molecular weight excluding hydrogens is 358 g/mol. The lowest BCUT2D eigenvalue weighted by Gasteiger charge is -2.34. The number of aromatic nitrogens is 2. The first-order valence-electron chi connectivity index (χ1n) is 8.23. The van der Waals surface area contributed by atoms with E-state index in [-0.39, 0.29) is 18.1 Å². The number of ether oxygens (including phenoxy) is 1. The van der Waals surface area contributed by atoms with Crippen LogP contribution in [0.3, 0.4) is 0 Å². The minimum atomic E-state index is -0.176. The molecule has 3 heterocycles. The summed E-state index contributed by atoms with van der Waals surface area (Å²) >= 11 is 2.73. The number of hydrogen-bond donors (Lipinski definition) is 2. The van der Waals surface area contributed by atoms with Gasteiger partial charge in [0.05, 0.1) is 29.2 Å². The van der Waals surface area contributed by atoms with E-state index in [9.17, 15) is 4.79 Å². The molecule has 0 bridgehead atoms. The molecule has 0 spiro atoms. The SMILES string of the molecule is CNc1snc(C)c1C(=O)Nc1nc(CN2CC(C)OC(C)C2)cs1. The summed E-state index contributed by atoms with van der Waals surface area (Å²) in [6.07, 6.45) is 0.464. The number of carbonyl (C=O) groups excluding carboxylic acids is 1. The average molecular weight is 382 g/mol. The monoisotopic (exact) mass is 381 g/mol. The molecule has 7 nitrogen and oxygen atoms in total. The van der Waals surface area contributed by atoms with E-state index in [1.54, 1.807) is 7.05 Å². The highest BCUT2D eigenvalue weighted by Gasteiger charge is 2.23. The van der Waals surface area contributed by atoms with Gasteiger partial charge in [-0.05, 0) is 32.3 Å². The molecule has 0 aromatic carbocycles. The van der Waals surface area contributed by atoms with Crippen molar-refractivity contribution >= 4 is 38.9 Å². The molecule has 2 aromatic heterocycles. The Kier molecular flexibility index (Phi) is 5.67. The highest BCUT2D eigenvalue weighted by molar-refractivity contribution is 7.14. The van der Waals surface area contributed by atoms with Gasteiger partial charge in [-0.25, -0.2) is 4.98 Å². The van der Waals surface area contributed by atoms with Crippen molar-refractivity contribution < 1.29 is 9.53 Å². The van der Waals surface area contributed by atoms with Gasteiger partial charge in [-0.2, -0.15) is 4.37 Å². The van der Waals surface area contributed by atoms with E-state index in [4.69, 9.17) is 4.74 Å². The Morgan fingerprint density at radius 3 is 2.80 bits per heavy atom. The van der Waals surface area contributed by atoms with Gasteiger partial charge < -0.3 is 10.1 Å². The van der Waals surface area contributed by atoms with E-state index >= 15 is 0 Å². The first-order chi connectivity index (χ1) is 12.0. The second-order valence-electron chi connectivity index (χ2n) is 6.27. The third-order valence-electron chi connectivity index (χ3n) is 3.97. The van der Waals surface area contributed by atoms with Gasteiger partial charge in [0.25, 0.3) is 5.91 Å². The maximum Gasteiger partial charge on any atom is 0.262 e. The van der Waals surface area contributed by atoms with Crippen LogP contribution in [0.25, 0.3) is 0 Å². The zero-order valence-corrected chi connectivity index (χ0v) is 16.5. The van der Waals surface area contributed by atoms with E-state index in [1.807, 2.05) is 12.3 Å². The number of hydrogen-bond acceptors (Lipinski definition) is 8. The summed E-state index contributed by atoms with van der Waals surface area (Å²) in [7, 11) is 1.79. The predicted octanol–water partition coefficient (Wildman–Crippen LogP) is 2.81. The van der Waals surface area contributed by atoms with Crippen molar-refractivity contribution in [3.8, 4) is 0 Å². The Hall–Kier alpha value is -1.55. The lowest BCUT2D eigenvalue weighted by atomic mass is 10.2. The van der Waals surface area contributed by atoms with Gasteiger partial charge >= 0.3 is 0 Å². The topological polar surface area (TPSA) is 79.4 Å². The molecule has 2 N–H and O–H groups in total. The van der Waals surface area contributed by atoms with Crippen molar-refractivity contribution in [1.82, 2.24) is 14.3 Å². The van der Waals surface area contributed by atoms with E-state index in [2.05, 4.69) is 38.7 Å². The third kappa shape index (κ3) is 4.35. The summed E-state index contributed by atoms with van der Waals surface area (Å²) in [5.41, 5.74) is 2.27. The molecule has 2 atom stereocenters. The number of nitrogens with zero attached hydrogens (tertiary/aromatic N) is 3. The Balaban J connectivity index is 1.63. The number of amides is 1. The summed E-state index contributed by atoms with van der Waals surface area (Å²) in [6, 6.07) is 0. The maximum atomic E-state index is 12.5. The molecule has 1 aliphatic heterocycles. The molecule has 1 amide bonds. The zero-order chi connectivity index (χ0) is 18.0. The summed E-state index contributed by atoms with van der Waals surface area (Å²) in [5.74, 6) is -0.176. The highest BCUT2D eigenvalue weighted by atomic mass is 32.1. The average Bonchev–Trinajstić information content (AvgIpc) is 3.12. The van der Waals surface area contributed by atoms with Gasteiger partial charge in [0, 0.05) is 32.1 Å². The number of thiazole rings is 1. The van der Waals surface area contributed by atoms with E-state index in [1.165, 1.54) is 22.9 Å². The van der Waals surface area contributed by atoms with Gasteiger partial charge in [0.1, 0.15) is 5.00 Å². The minimum absolute atomic E-state index is 0.176. The van der Waals surface area contributed by atoms with E-state index in [0.29, 0.717) is 10.7 Å². The van der Waals surface area contributed by atoms with Crippen molar-refractivity contribution in [2.24, 2.45) is 0 Å². The number of rotatable bonds is 5. The van der Waals surface area contributed by atoms with Crippen LogP contribution in [-0.4, -0.2) is 52.5 Å². The van der Waals surface area contributed by atoms with Crippen LogP contribution in [0.5, 0.6) is 0 Å². The van der Waals surface area contributed by atoms with Crippen molar-refractivity contribution in [3.05, 3.63) is 22.3 Å². The quantitative estimate of drug-likeness (QED) is 0.829. The molecule has 25 heavy (non-hydrogen) atoms. The van der Waals surface area contributed by atoms with Crippen molar-refractivity contribution in [2.45, 2.75) is 39.5 Å². The van der Waals surface area contributed by atoms with Gasteiger partial charge in [0.2, 0.25) is 0 Å². The smallest absolute Gasteiger partial charge is 0.262 e. The second-order valence-corrected chi connectivity index (χ2v) is 7.90. The molecule has 9 heteroatoms. The van der Waals surface area contributed by atoms with Crippen LogP contribution in [0.4, 0.5) is 10.1 Å². The van der Waals surface area contributed by atoms with Gasteiger partial charge in [0.15, 0.2) is 5.13 Å². The van der Waals surface area contributed by atoms with Crippen molar-refractivity contribution in [3.63, 3.8) is 0 Å². The predicted molar refractivity (Wildman–Crippen MR) is 102 cm³/mol. The lowest BCUT2D eigenvalue weighted by molar-refractivity contribution is -0.0707. The fourth-order valence-electron chi connectivity index (χ4n) is 3.05. The van der Waals surface area contributed by atoms with Crippen molar-refractivity contribution in [2.75, 3.05) is 30.8 Å². The molecule has 3 rings (SSSR count). The molecule has 1 fully saturated rings. The molecule has 1 aliphatic rings. The highest BCUT2D eigenvalue weighted by Crippen LogP contribution is 2.26. The van der Waals surface area contributed by atoms with E-state index in [0.717, 1.165) is 36.0 Å². The van der Waals surface area contributed by atoms with Crippen LogP contribution < -0.4 is 10.6 Å². The Morgan fingerprint density at radius 2 is 2.12 bits per heavy atom. The molecular formula is C16H23N5O2S2. The van der Waals surface area contributed by atoms with Crippen LogP contribution in [0.2, 0.25) is 0 Å². The molecule has 0 aliphatic carbocycles. The minimum Gasteiger partial charge on any atom is -0.378 e. The Morgan fingerprint density at radius 1 is 1.40 bits per heavy atom. The van der Waals surface area contributed by atoms with Crippen LogP contribution >= 0.6 is 22.9 Å². The molecule has 2 aromatic rings. The van der Waals surface area contributed by atoms with Gasteiger partial charge in [-0.1, -0.05) is 0 Å².